The summed E-state index contributed by atoms with van der Waals surface area (Å²) in [5, 5.41) is 6.75. The summed E-state index contributed by atoms with van der Waals surface area (Å²) in [7, 11) is 1.85. The lowest BCUT2D eigenvalue weighted by Crippen LogP contribution is -2.04. The van der Waals surface area contributed by atoms with Crippen molar-refractivity contribution >= 4 is 0 Å². The second-order valence-corrected chi connectivity index (χ2v) is 3.22. The van der Waals surface area contributed by atoms with Gasteiger partial charge in [-0.15, -0.1) is 0 Å². The van der Waals surface area contributed by atoms with Crippen LogP contribution in [-0.4, -0.2) is 12.2 Å². The number of rotatable bonds is 3. The van der Waals surface area contributed by atoms with Crippen molar-refractivity contribution in [1.82, 2.24) is 10.5 Å². The molecule has 2 aromatic rings. The minimum atomic E-state index is -0.256. The van der Waals surface area contributed by atoms with Crippen molar-refractivity contribution in [3.8, 4) is 11.3 Å². The van der Waals surface area contributed by atoms with Crippen molar-refractivity contribution in [1.29, 1.82) is 0 Å². The van der Waals surface area contributed by atoms with Crippen molar-refractivity contribution in [2.75, 3.05) is 7.05 Å². The number of nitrogens with zero attached hydrogens (tertiary/aromatic N) is 1. The van der Waals surface area contributed by atoms with E-state index in [1.807, 2.05) is 7.05 Å². The minimum Gasteiger partial charge on any atom is -0.356 e. The van der Waals surface area contributed by atoms with E-state index < -0.39 is 0 Å². The van der Waals surface area contributed by atoms with E-state index in [1.165, 1.54) is 12.1 Å². The Morgan fingerprint density at radius 3 is 2.73 bits per heavy atom. The van der Waals surface area contributed by atoms with Crippen molar-refractivity contribution in [3.05, 3.63) is 41.8 Å². The average molecular weight is 206 g/mol. The first-order chi connectivity index (χ1) is 7.31. The summed E-state index contributed by atoms with van der Waals surface area (Å²) in [6.07, 6.45) is 1.66. The fraction of sp³-hybridized carbons (Fsp3) is 0.182. The summed E-state index contributed by atoms with van der Waals surface area (Å²) >= 11 is 0. The van der Waals surface area contributed by atoms with Crippen molar-refractivity contribution < 1.29 is 8.91 Å². The molecule has 0 saturated heterocycles. The molecular weight excluding hydrogens is 195 g/mol. The fourth-order valence-corrected chi connectivity index (χ4v) is 1.42. The quantitative estimate of drug-likeness (QED) is 0.836. The smallest absolute Gasteiger partial charge is 0.171 e. The van der Waals surface area contributed by atoms with Gasteiger partial charge in [-0.3, -0.25) is 0 Å². The molecule has 0 fully saturated rings. The first kappa shape index (κ1) is 9.86. The molecule has 4 heteroatoms. The van der Waals surface area contributed by atoms with Crippen molar-refractivity contribution in [2.24, 2.45) is 0 Å². The minimum absolute atomic E-state index is 0.256. The van der Waals surface area contributed by atoms with Gasteiger partial charge in [0.1, 0.15) is 5.82 Å². The predicted molar refractivity (Wildman–Crippen MR) is 54.7 cm³/mol. The Kier molecular flexibility index (Phi) is 2.78. The third-order valence-corrected chi connectivity index (χ3v) is 2.12. The Morgan fingerprint density at radius 1 is 1.33 bits per heavy atom. The molecule has 78 valence electrons. The first-order valence-electron chi connectivity index (χ1n) is 4.65. The normalized spacial score (nSPS) is 10.5. The molecule has 0 saturated carbocycles. The Labute approximate surface area is 86.9 Å². The molecule has 15 heavy (non-hydrogen) atoms. The van der Waals surface area contributed by atoms with Gasteiger partial charge in [-0.05, 0) is 31.3 Å². The molecule has 1 heterocycles. The number of benzene rings is 1. The maximum absolute atomic E-state index is 12.7. The monoisotopic (exact) mass is 206 g/mol. The zero-order chi connectivity index (χ0) is 10.7. The highest BCUT2D eigenvalue weighted by Gasteiger charge is 2.09. The Hall–Kier alpha value is -1.68. The van der Waals surface area contributed by atoms with Gasteiger partial charge in [-0.1, -0.05) is 5.16 Å². The zero-order valence-corrected chi connectivity index (χ0v) is 8.33. The molecule has 2 rings (SSSR count). The van der Waals surface area contributed by atoms with Crippen molar-refractivity contribution in [3.63, 3.8) is 0 Å². The zero-order valence-electron chi connectivity index (χ0n) is 8.33. The van der Waals surface area contributed by atoms with Crippen LogP contribution >= 0.6 is 0 Å². The molecule has 1 aromatic carbocycles. The van der Waals surface area contributed by atoms with Crippen LogP contribution in [0, 0.1) is 5.82 Å². The Bertz CT molecular complexity index is 436. The topological polar surface area (TPSA) is 38.1 Å². The van der Waals surface area contributed by atoms with E-state index in [0.717, 1.165) is 11.1 Å². The average Bonchev–Trinajstić information content (AvgIpc) is 2.68. The summed E-state index contributed by atoms with van der Waals surface area (Å²) < 4.78 is 17.8. The molecule has 1 aromatic heterocycles. The van der Waals surface area contributed by atoms with Crippen LogP contribution in [0.5, 0.6) is 0 Å². The van der Waals surface area contributed by atoms with Gasteiger partial charge in [0, 0.05) is 17.7 Å². The number of aromatic nitrogens is 1. The molecule has 0 unspecified atom stereocenters. The number of hydrogen-bond acceptors (Lipinski definition) is 3. The second kappa shape index (κ2) is 4.23. The van der Waals surface area contributed by atoms with Crippen LogP contribution in [0.1, 0.15) is 5.56 Å². The van der Waals surface area contributed by atoms with E-state index in [1.54, 1.807) is 18.3 Å². The highest BCUT2D eigenvalue weighted by atomic mass is 19.1. The summed E-state index contributed by atoms with van der Waals surface area (Å²) in [4.78, 5) is 0. The standard InChI is InChI=1S/C11H11FN2O/c1-13-6-9-7-14-15-11(9)8-2-4-10(12)5-3-8/h2-5,7,13H,6H2,1H3. The van der Waals surface area contributed by atoms with Crippen LogP contribution in [0.25, 0.3) is 11.3 Å². The molecule has 0 bridgehead atoms. The van der Waals surface area contributed by atoms with Crippen LogP contribution < -0.4 is 5.32 Å². The van der Waals surface area contributed by atoms with E-state index >= 15 is 0 Å². The lowest BCUT2D eigenvalue weighted by molar-refractivity contribution is 0.431. The molecule has 0 aliphatic carbocycles. The van der Waals surface area contributed by atoms with Gasteiger partial charge in [0.2, 0.25) is 0 Å². The van der Waals surface area contributed by atoms with Crippen LogP contribution in [0.4, 0.5) is 4.39 Å². The van der Waals surface area contributed by atoms with Gasteiger partial charge >= 0.3 is 0 Å². The first-order valence-corrected chi connectivity index (χ1v) is 4.65. The lowest BCUT2D eigenvalue weighted by Gasteiger charge is -2.00. The maximum Gasteiger partial charge on any atom is 0.171 e. The SMILES string of the molecule is CNCc1cnoc1-c1ccc(F)cc1. The largest absolute Gasteiger partial charge is 0.356 e. The predicted octanol–water partition coefficient (Wildman–Crippen LogP) is 2.20. The molecule has 3 nitrogen and oxygen atoms in total. The number of nitrogens with one attached hydrogen (secondary N) is 1. The summed E-state index contributed by atoms with van der Waals surface area (Å²) in [6, 6.07) is 6.16. The molecule has 0 amide bonds. The highest BCUT2D eigenvalue weighted by Crippen LogP contribution is 2.23. The lowest BCUT2D eigenvalue weighted by atomic mass is 10.1. The highest BCUT2D eigenvalue weighted by molar-refractivity contribution is 5.60. The van der Waals surface area contributed by atoms with Gasteiger partial charge in [0.25, 0.3) is 0 Å². The van der Waals surface area contributed by atoms with Gasteiger partial charge in [0.05, 0.1) is 6.20 Å². The van der Waals surface area contributed by atoms with E-state index in [2.05, 4.69) is 10.5 Å². The third-order valence-electron chi connectivity index (χ3n) is 2.12. The van der Waals surface area contributed by atoms with E-state index in [4.69, 9.17) is 4.52 Å². The van der Waals surface area contributed by atoms with E-state index in [9.17, 15) is 4.39 Å². The fourth-order valence-electron chi connectivity index (χ4n) is 1.42. The van der Waals surface area contributed by atoms with Crippen molar-refractivity contribution in [2.45, 2.75) is 6.54 Å². The molecule has 0 aliphatic rings. The van der Waals surface area contributed by atoms with Gasteiger partial charge < -0.3 is 9.84 Å². The molecule has 0 aliphatic heterocycles. The van der Waals surface area contributed by atoms with Crippen LogP contribution in [-0.2, 0) is 6.54 Å². The Morgan fingerprint density at radius 2 is 2.07 bits per heavy atom. The molecular formula is C11H11FN2O. The molecule has 1 N–H and O–H groups in total. The summed E-state index contributed by atoms with van der Waals surface area (Å²) in [5.74, 6) is 0.429. The van der Waals surface area contributed by atoms with Gasteiger partial charge in [-0.2, -0.15) is 0 Å². The van der Waals surface area contributed by atoms with Gasteiger partial charge in [-0.25, -0.2) is 4.39 Å². The molecule has 0 radical (unpaired) electrons. The molecule has 0 spiro atoms. The number of hydrogen-bond donors (Lipinski definition) is 1. The van der Waals surface area contributed by atoms with Crippen LogP contribution in [0.2, 0.25) is 0 Å². The van der Waals surface area contributed by atoms with Crippen LogP contribution in [0.3, 0.4) is 0 Å². The van der Waals surface area contributed by atoms with E-state index in [0.29, 0.717) is 12.3 Å². The maximum atomic E-state index is 12.7. The number of halogens is 1. The summed E-state index contributed by atoms with van der Waals surface area (Å²) in [5.41, 5.74) is 1.79. The third kappa shape index (κ3) is 2.05. The second-order valence-electron chi connectivity index (χ2n) is 3.22. The summed E-state index contributed by atoms with van der Waals surface area (Å²) in [6.45, 7) is 0.677. The van der Waals surface area contributed by atoms with E-state index in [-0.39, 0.29) is 5.82 Å². The van der Waals surface area contributed by atoms with Gasteiger partial charge in [0.15, 0.2) is 5.76 Å². The molecule has 0 atom stereocenters. The van der Waals surface area contributed by atoms with Crippen LogP contribution in [0.15, 0.2) is 35.0 Å². The Balaban J connectivity index is 2.36.